The van der Waals surface area contributed by atoms with E-state index in [0.717, 1.165) is 56.2 Å². The number of aryl methyl sites for hydroxylation is 1. The minimum absolute atomic E-state index is 0.185. The van der Waals surface area contributed by atoms with E-state index in [1.54, 1.807) is 0 Å². The van der Waals surface area contributed by atoms with Gasteiger partial charge in [0.05, 0.1) is 36.7 Å². The van der Waals surface area contributed by atoms with Gasteiger partial charge in [0.25, 0.3) is 0 Å². The molecule has 4 rings (SSSR count). The maximum atomic E-state index is 12.0. The number of carbonyl (C=O) groups is 1. The minimum Gasteiger partial charge on any atom is -0.350 e. The van der Waals surface area contributed by atoms with E-state index < -0.39 is 0 Å². The third-order valence-electron chi connectivity index (χ3n) is 5.92. The van der Waals surface area contributed by atoms with Crippen LogP contribution in [0.15, 0.2) is 6.07 Å². The Kier molecular flexibility index (Phi) is 4.56. The molecule has 2 aromatic rings. The molecule has 1 saturated carbocycles. The molecule has 1 aliphatic heterocycles. The number of carbonyl (C=O) groups excluding carboxylic acids is 1. The van der Waals surface area contributed by atoms with Gasteiger partial charge in [0.15, 0.2) is 0 Å². The van der Waals surface area contributed by atoms with Gasteiger partial charge >= 0.3 is 0 Å². The van der Waals surface area contributed by atoms with Crippen LogP contribution in [0.2, 0.25) is 0 Å². The number of amides is 1. The van der Waals surface area contributed by atoms with Crippen molar-refractivity contribution in [3.63, 3.8) is 0 Å². The van der Waals surface area contributed by atoms with Crippen molar-refractivity contribution < 1.29 is 4.79 Å². The molecule has 3 heterocycles. The van der Waals surface area contributed by atoms with Crippen molar-refractivity contribution >= 4 is 5.91 Å². The molecule has 0 unspecified atom stereocenters. The number of fused-ring (bicyclic) bond motifs is 1. The van der Waals surface area contributed by atoms with Crippen molar-refractivity contribution in [1.82, 2.24) is 29.5 Å². The van der Waals surface area contributed by atoms with Crippen molar-refractivity contribution in [2.75, 3.05) is 6.54 Å². The van der Waals surface area contributed by atoms with Crippen LogP contribution >= 0.6 is 0 Å². The Morgan fingerprint density at radius 1 is 1.31 bits per heavy atom. The molecule has 140 valence electrons. The van der Waals surface area contributed by atoms with Crippen molar-refractivity contribution in [1.29, 1.82) is 0 Å². The maximum Gasteiger partial charge on any atom is 0.223 e. The van der Waals surface area contributed by atoms with Crippen LogP contribution in [0.4, 0.5) is 0 Å². The lowest BCUT2D eigenvalue weighted by atomic mass is 9.85. The van der Waals surface area contributed by atoms with Crippen molar-refractivity contribution in [3.05, 3.63) is 34.7 Å². The molecule has 2 aliphatic rings. The van der Waals surface area contributed by atoms with E-state index in [-0.39, 0.29) is 11.8 Å². The summed E-state index contributed by atoms with van der Waals surface area (Å²) in [7, 11) is 2.09. The Balaban J connectivity index is 1.36. The predicted octanol–water partition coefficient (Wildman–Crippen LogP) is 1.67. The third-order valence-corrected chi connectivity index (χ3v) is 5.92. The lowest BCUT2D eigenvalue weighted by Gasteiger charge is -2.27. The molecule has 26 heavy (non-hydrogen) atoms. The fourth-order valence-corrected chi connectivity index (χ4v) is 3.72. The summed E-state index contributed by atoms with van der Waals surface area (Å²) >= 11 is 0. The van der Waals surface area contributed by atoms with E-state index in [1.165, 1.54) is 17.8 Å². The Morgan fingerprint density at radius 2 is 2.12 bits per heavy atom. The monoisotopic (exact) mass is 356 g/mol. The zero-order valence-electron chi connectivity index (χ0n) is 16.0. The van der Waals surface area contributed by atoms with Gasteiger partial charge in [0.2, 0.25) is 5.91 Å². The first-order valence-corrected chi connectivity index (χ1v) is 9.55. The van der Waals surface area contributed by atoms with Gasteiger partial charge in [0, 0.05) is 31.7 Å². The highest BCUT2D eigenvalue weighted by atomic mass is 16.1. The van der Waals surface area contributed by atoms with Crippen LogP contribution < -0.4 is 5.32 Å². The van der Waals surface area contributed by atoms with E-state index in [1.807, 2.05) is 0 Å². The molecule has 7 nitrogen and oxygen atoms in total. The molecule has 1 fully saturated rings. The summed E-state index contributed by atoms with van der Waals surface area (Å²) in [5.41, 5.74) is 4.51. The van der Waals surface area contributed by atoms with Gasteiger partial charge in [-0.2, -0.15) is 5.10 Å². The number of rotatable bonds is 5. The normalized spacial score (nSPS) is 17.8. The van der Waals surface area contributed by atoms with E-state index in [2.05, 4.69) is 51.5 Å². The van der Waals surface area contributed by atoms with Crippen LogP contribution in [0.1, 0.15) is 47.9 Å². The average molecular weight is 356 g/mol. The Morgan fingerprint density at radius 3 is 2.77 bits per heavy atom. The second-order valence-corrected chi connectivity index (χ2v) is 7.66. The summed E-state index contributed by atoms with van der Waals surface area (Å²) in [6.07, 6.45) is 3.25. The molecule has 0 bridgehead atoms. The fourth-order valence-electron chi connectivity index (χ4n) is 3.72. The molecule has 1 amide bonds. The second kappa shape index (κ2) is 6.87. The highest BCUT2D eigenvalue weighted by molar-refractivity contribution is 5.79. The Labute approximate surface area is 154 Å². The first kappa shape index (κ1) is 17.3. The van der Waals surface area contributed by atoms with Crippen LogP contribution in [0, 0.1) is 19.8 Å². The standard InChI is InChI=1S/C19H28N6O/c1-13-14(2)23(3)18(21-13)12-24-7-8-25-17(11-24)9-16(22-25)10-20-19(26)15-5-4-6-15/h9,15H,4-8,10-12H2,1-3H3,(H,20,26). The number of imidazole rings is 1. The third kappa shape index (κ3) is 3.28. The molecule has 7 heteroatoms. The van der Waals surface area contributed by atoms with Gasteiger partial charge in [-0.1, -0.05) is 6.42 Å². The lowest BCUT2D eigenvalue weighted by Crippen LogP contribution is -2.34. The number of nitrogens with zero attached hydrogens (tertiary/aromatic N) is 5. The zero-order valence-corrected chi connectivity index (χ0v) is 16.0. The van der Waals surface area contributed by atoms with Crippen molar-refractivity contribution in [3.8, 4) is 0 Å². The van der Waals surface area contributed by atoms with E-state index in [4.69, 9.17) is 4.98 Å². The highest BCUT2D eigenvalue weighted by Crippen LogP contribution is 2.26. The molecule has 0 saturated heterocycles. The van der Waals surface area contributed by atoms with Crippen LogP contribution in [-0.4, -0.2) is 36.7 Å². The molecule has 0 atom stereocenters. The van der Waals surface area contributed by atoms with E-state index in [0.29, 0.717) is 6.54 Å². The summed E-state index contributed by atoms with van der Waals surface area (Å²) in [6, 6.07) is 2.13. The second-order valence-electron chi connectivity index (χ2n) is 7.66. The first-order valence-electron chi connectivity index (χ1n) is 9.55. The first-order chi connectivity index (χ1) is 12.5. The molecule has 0 aromatic carbocycles. The highest BCUT2D eigenvalue weighted by Gasteiger charge is 2.25. The van der Waals surface area contributed by atoms with Gasteiger partial charge in [-0.3, -0.25) is 14.4 Å². The Bertz CT molecular complexity index is 816. The average Bonchev–Trinajstić information content (AvgIpc) is 3.07. The molecular weight excluding hydrogens is 328 g/mol. The van der Waals surface area contributed by atoms with Gasteiger partial charge in [-0.15, -0.1) is 0 Å². The number of aromatic nitrogens is 4. The van der Waals surface area contributed by atoms with Crippen LogP contribution in [0.25, 0.3) is 0 Å². The topological polar surface area (TPSA) is 68.0 Å². The van der Waals surface area contributed by atoms with E-state index >= 15 is 0 Å². The minimum atomic E-state index is 0.185. The number of hydrogen-bond acceptors (Lipinski definition) is 4. The van der Waals surface area contributed by atoms with E-state index in [9.17, 15) is 4.79 Å². The van der Waals surface area contributed by atoms with Crippen molar-refractivity contribution in [2.45, 2.75) is 59.3 Å². The molecule has 2 aromatic heterocycles. The van der Waals surface area contributed by atoms with Crippen molar-refractivity contribution in [2.24, 2.45) is 13.0 Å². The van der Waals surface area contributed by atoms with Gasteiger partial charge in [-0.25, -0.2) is 4.98 Å². The molecular formula is C19H28N6O. The molecule has 1 N–H and O–H groups in total. The largest absolute Gasteiger partial charge is 0.350 e. The molecule has 0 spiro atoms. The molecule has 1 aliphatic carbocycles. The number of hydrogen-bond donors (Lipinski definition) is 1. The predicted molar refractivity (Wildman–Crippen MR) is 98.2 cm³/mol. The van der Waals surface area contributed by atoms with Crippen LogP contribution in [-0.2, 0) is 38.0 Å². The summed E-state index contributed by atoms with van der Waals surface area (Å²) in [5.74, 6) is 1.53. The van der Waals surface area contributed by atoms with Crippen LogP contribution in [0.5, 0.6) is 0 Å². The quantitative estimate of drug-likeness (QED) is 0.885. The van der Waals surface area contributed by atoms with Gasteiger partial charge < -0.3 is 9.88 Å². The summed E-state index contributed by atoms with van der Waals surface area (Å²) in [6.45, 7) is 8.28. The number of nitrogens with one attached hydrogen (secondary N) is 1. The van der Waals surface area contributed by atoms with Crippen LogP contribution in [0.3, 0.4) is 0 Å². The molecule has 0 radical (unpaired) electrons. The fraction of sp³-hybridized carbons (Fsp3) is 0.632. The smallest absolute Gasteiger partial charge is 0.223 e. The summed E-state index contributed by atoms with van der Waals surface area (Å²) in [4.78, 5) is 19.1. The lowest BCUT2D eigenvalue weighted by molar-refractivity contribution is -0.127. The maximum absolute atomic E-state index is 12.0. The summed E-state index contributed by atoms with van der Waals surface area (Å²) < 4.78 is 4.26. The summed E-state index contributed by atoms with van der Waals surface area (Å²) in [5, 5.41) is 7.69. The zero-order chi connectivity index (χ0) is 18.3. The van der Waals surface area contributed by atoms with Gasteiger partial charge in [0.1, 0.15) is 5.82 Å². The van der Waals surface area contributed by atoms with Gasteiger partial charge in [-0.05, 0) is 32.8 Å². The SMILES string of the molecule is Cc1nc(CN2CCn3nc(CNC(=O)C4CCC4)cc3C2)n(C)c1C. The Hall–Kier alpha value is -2.15.